The fourth-order valence-corrected chi connectivity index (χ4v) is 9.54. The number of nitrogens with zero attached hydrogens (tertiary/aromatic N) is 9. The Bertz CT molecular complexity index is 3740. The van der Waals surface area contributed by atoms with E-state index in [1.54, 1.807) is 71.3 Å². The summed E-state index contributed by atoms with van der Waals surface area (Å²) in [6, 6.07) is 32.8. The van der Waals surface area contributed by atoms with Gasteiger partial charge in [-0.15, -0.1) is 26.3 Å². The summed E-state index contributed by atoms with van der Waals surface area (Å²) in [6.07, 6.45) is 8.61. The molecule has 12 rings (SSSR count). The summed E-state index contributed by atoms with van der Waals surface area (Å²) in [6.45, 7) is 17.9. The third-order valence-electron chi connectivity index (χ3n) is 14.3. The molecule has 0 N–H and O–H groups in total. The first-order valence-electron chi connectivity index (χ1n) is 27.0. The Balaban J connectivity index is 0.000000173. The van der Waals surface area contributed by atoms with E-state index in [4.69, 9.17) is 0 Å². The number of halogens is 3. The zero-order chi connectivity index (χ0) is 58.4. The van der Waals surface area contributed by atoms with Gasteiger partial charge in [0.15, 0.2) is 0 Å². The van der Waals surface area contributed by atoms with Gasteiger partial charge in [0.1, 0.15) is 51.6 Å². The molecule has 0 saturated heterocycles. The largest absolute Gasteiger partial charge is 0.296 e. The lowest BCUT2D eigenvalue weighted by atomic mass is 10.00. The standard InChI is InChI=1S/3C21H18FN3O.2C2H4.CH4/c3*1-21(22)10-9-19-24-18-14-15(5-7-16-4-2-3-12-23-16)6-8-17(18)20(26)25(19)13-11-21;2*1-2;/h3*2-4,6,8,12,14H,9-11,13H2,1H3;2*1-2H2;1H4. The number of hydrogen-bond donors (Lipinski definition) is 0. The second kappa shape index (κ2) is 27.3. The molecule has 6 aromatic heterocycles. The van der Waals surface area contributed by atoms with Gasteiger partial charge in [-0.2, -0.15) is 0 Å². The normalized spacial score (nSPS) is 18.2. The third-order valence-corrected chi connectivity index (χ3v) is 14.3. The van der Waals surface area contributed by atoms with Gasteiger partial charge in [-0.1, -0.05) is 43.4 Å². The highest BCUT2D eigenvalue weighted by Gasteiger charge is 2.31. The molecule has 3 unspecified atom stereocenters. The molecule has 0 bridgehead atoms. The van der Waals surface area contributed by atoms with Crippen molar-refractivity contribution in [3.05, 3.63) is 236 Å². The van der Waals surface area contributed by atoms with E-state index in [1.807, 2.05) is 91.0 Å². The summed E-state index contributed by atoms with van der Waals surface area (Å²) in [5, 5.41) is 1.62. The van der Waals surface area contributed by atoms with Crippen molar-refractivity contribution >= 4 is 32.7 Å². The minimum atomic E-state index is -1.26. The van der Waals surface area contributed by atoms with Crippen LogP contribution in [0.3, 0.4) is 0 Å². The van der Waals surface area contributed by atoms with Crippen molar-refractivity contribution in [3.63, 3.8) is 0 Å². The predicted molar refractivity (Wildman–Crippen MR) is 325 cm³/mol. The smallest absolute Gasteiger partial charge is 0.261 e. The number of aromatic nitrogens is 9. The molecule has 0 fully saturated rings. The van der Waals surface area contributed by atoms with E-state index >= 15 is 0 Å². The summed E-state index contributed by atoms with van der Waals surface area (Å²) in [7, 11) is 0. The molecule has 12 nitrogen and oxygen atoms in total. The SMILES string of the molecule is C.C=C.C=C.CC1(F)CCc2nc3cc(C#Cc4ccccn4)ccc3c(=O)n2CC1.CC1(F)CCc2nc3cc(C#Cc4ccccn4)ccc3c(=O)n2CC1.CC1(F)CCc2nc3cc(C#Cc4ccccn4)ccc3c(=O)n2CC1. The van der Waals surface area contributed by atoms with Crippen LogP contribution in [0.25, 0.3) is 32.7 Å². The molecule has 0 aliphatic carbocycles. The molecule has 3 aliphatic heterocycles. The van der Waals surface area contributed by atoms with Gasteiger partial charge in [-0.05, 0) is 168 Å². The molecule has 0 spiro atoms. The molecule has 9 heterocycles. The van der Waals surface area contributed by atoms with E-state index < -0.39 is 17.0 Å². The number of pyridine rings is 3. The number of hydrogen-bond acceptors (Lipinski definition) is 9. The Labute approximate surface area is 482 Å². The molecular weight excluding hydrogens is 1050 g/mol. The molecule has 0 radical (unpaired) electrons. The van der Waals surface area contributed by atoms with Crippen LogP contribution in [0.2, 0.25) is 0 Å². The van der Waals surface area contributed by atoms with Crippen LogP contribution < -0.4 is 16.7 Å². The zero-order valence-electron chi connectivity index (χ0n) is 46.3. The third kappa shape index (κ3) is 15.5. The first-order chi connectivity index (χ1) is 39.6. The molecule has 422 valence electrons. The molecule has 9 aromatic rings. The average molecular weight is 1110 g/mol. The molecule has 0 amide bonds. The molecule has 3 aromatic carbocycles. The Morgan fingerprint density at radius 2 is 0.687 bits per heavy atom. The van der Waals surface area contributed by atoms with Gasteiger partial charge in [0.2, 0.25) is 0 Å². The van der Waals surface area contributed by atoms with Gasteiger partial charge in [-0.3, -0.25) is 28.1 Å². The summed E-state index contributed by atoms with van der Waals surface area (Å²) in [5.41, 5.74) is 2.09. The highest BCUT2D eigenvalue weighted by atomic mass is 19.2. The maximum Gasteiger partial charge on any atom is 0.261 e. The monoisotopic (exact) mass is 1110 g/mol. The highest BCUT2D eigenvalue weighted by Crippen LogP contribution is 2.29. The summed E-state index contributed by atoms with van der Waals surface area (Å²) in [5.74, 6) is 20.1. The topological polar surface area (TPSA) is 143 Å². The Morgan fingerprint density at radius 3 is 0.940 bits per heavy atom. The average Bonchev–Trinajstić information content (AvgIpc) is 3.51. The lowest BCUT2D eigenvalue weighted by Crippen LogP contribution is -2.25. The Hall–Kier alpha value is -9.52. The number of fused-ring (bicyclic) bond motifs is 6. The van der Waals surface area contributed by atoms with E-state index in [1.165, 1.54) is 0 Å². The molecule has 0 saturated carbocycles. The predicted octanol–water partition coefficient (Wildman–Crippen LogP) is 12.0. The summed E-state index contributed by atoms with van der Waals surface area (Å²) < 4.78 is 47.9. The molecule has 3 aliphatic rings. The van der Waals surface area contributed by atoms with Crippen molar-refractivity contribution in [3.8, 4) is 35.5 Å². The van der Waals surface area contributed by atoms with Crippen molar-refractivity contribution in [2.24, 2.45) is 0 Å². The van der Waals surface area contributed by atoms with Crippen molar-refractivity contribution in [2.75, 3.05) is 0 Å². The number of aryl methyl sites for hydroxylation is 3. The lowest BCUT2D eigenvalue weighted by molar-refractivity contribution is 0.161. The number of rotatable bonds is 0. The quantitative estimate of drug-likeness (QED) is 0.107. The van der Waals surface area contributed by atoms with Crippen LogP contribution in [0.15, 0.2) is 168 Å². The van der Waals surface area contributed by atoms with E-state index in [2.05, 4.69) is 91.7 Å². The van der Waals surface area contributed by atoms with Gasteiger partial charge in [-0.25, -0.2) is 43.1 Å². The Kier molecular flexibility index (Phi) is 20.1. The number of alkyl halides is 3. The van der Waals surface area contributed by atoms with E-state index in [0.717, 1.165) is 16.7 Å². The van der Waals surface area contributed by atoms with Crippen LogP contribution >= 0.6 is 0 Å². The van der Waals surface area contributed by atoms with Crippen LogP contribution in [0.1, 0.15) is 118 Å². The van der Waals surface area contributed by atoms with Crippen LogP contribution in [0.5, 0.6) is 0 Å². The van der Waals surface area contributed by atoms with Crippen molar-refractivity contribution in [2.45, 2.75) is 123 Å². The van der Waals surface area contributed by atoms with Crippen molar-refractivity contribution in [1.82, 2.24) is 43.6 Å². The number of benzene rings is 3. The van der Waals surface area contributed by atoms with Gasteiger partial charge in [0.05, 0.1) is 32.7 Å². The van der Waals surface area contributed by atoms with Gasteiger partial charge >= 0.3 is 0 Å². The molecule has 83 heavy (non-hydrogen) atoms. The van der Waals surface area contributed by atoms with Gasteiger partial charge in [0.25, 0.3) is 16.7 Å². The Morgan fingerprint density at radius 1 is 0.410 bits per heavy atom. The van der Waals surface area contributed by atoms with Crippen molar-refractivity contribution in [1.29, 1.82) is 0 Å². The second-order valence-corrected chi connectivity index (χ2v) is 20.5. The van der Waals surface area contributed by atoms with Crippen LogP contribution in [-0.4, -0.2) is 60.6 Å². The minimum Gasteiger partial charge on any atom is -0.296 e. The lowest BCUT2D eigenvalue weighted by Gasteiger charge is -2.15. The van der Waals surface area contributed by atoms with E-state index in [9.17, 15) is 27.6 Å². The maximum atomic E-state index is 14.3. The van der Waals surface area contributed by atoms with E-state index in [-0.39, 0.29) is 24.1 Å². The highest BCUT2D eigenvalue weighted by molar-refractivity contribution is 5.81. The van der Waals surface area contributed by atoms with Crippen LogP contribution in [0, 0.1) is 35.5 Å². The first kappa shape index (κ1) is 61.1. The zero-order valence-corrected chi connectivity index (χ0v) is 46.3. The van der Waals surface area contributed by atoms with E-state index in [0.29, 0.717) is 145 Å². The molecular formula is C68H66F3N9O3. The molecule has 15 heteroatoms. The second-order valence-electron chi connectivity index (χ2n) is 20.5. The first-order valence-corrected chi connectivity index (χ1v) is 27.0. The summed E-state index contributed by atoms with van der Waals surface area (Å²) >= 11 is 0. The van der Waals surface area contributed by atoms with Crippen LogP contribution in [-0.2, 0) is 38.9 Å². The van der Waals surface area contributed by atoms with Gasteiger partial charge in [0, 0.05) is 74.2 Å². The minimum absolute atomic E-state index is 0. The maximum absolute atomic E-state index is 14.3. The van der Waals surface area contributed by atoms with Crippen molar-refractivity contribution < 1.29 is 13.2 Å². The molecule has 3 atom stereocenters. The summed E-state index contributed by atoms with van der Waals surface area (Å²) in [4.78, 5) is 64.8. The fourth-order valence-electron chi connectivity index (χ4n) is 9.54. The fraction of sp³-hybridized carbons (Fsp3) is 0.279. The van der Waals surface area contributed by atoms with Crippen LogP contribution in [0.4, 0.5) is 13.2 Å². The van der Waals surface area contributed by atoms with Gasteiger partial charge < -0.3 is 0 Å².